The number of carboxylic acids is 1. The summed E-state index contributed by atoms with van der Waals surface area (Å²) in [4.78, 5) is 21.1. The Morgan fingerprint density at radius 2 is 2.29 bits per heavy atom. The van der Waals surface area contributed by atoms with Crippen LogP contribution in [-0.4, -0.2) is 36.2 Å². The zero-order chi connectivity index (χ0) is 15.4. The molecule has 0 aliphatic heterocycles. The Labute approximate surface area is 127 Å². The van der Waals surface area contributed by atoms with Crippen LogP contribution in [0.15, 0.2) is 23.4 Å². The SMILES string of the molecule is O=C(O)Cn1nnnc1SCc1cc(Cl)ccc1[N+](=O)[O-]. The molecule has 0 spiro atoms. The van der Waals surface area contributed by atoms with Crippen LogP contribution < -0.4 is 0 Å². The zero-order valence-electron chi connectivity index (χ0n) is 10.3. The van der Waals surface area contributed by atoms with E-state index in [1.165, 1.54) is 18.2 Å². The Balaban J connectivity index is 2.17. The number of carboxylic acid groups (broad SMARTS) is 1. The van der Waals surface area contributed by atoms with Crippen LogP contribution in [-0.2, 0) is 17.1 Å². The van der Waals surface area contributed by atoms with Crippen molar-refractivity contribution in [2.45, 2.75) is 17.5 Å². The Morgan fingerprint density at radius 1 is 1.52 bits per heavy atom. The maximum Gasteiger partial charge on any atom is 0.325 e. The Morgan fingerprint density at radius 3 is 2.95 bits per heavy atom. The first-order valence-electron chi connectivity index (χ1n) is 5.51. The molecule has 11 heteroatoms. The summed E-state index contributed by atoms with van der Waals surface area (Å²) in [5, 5.41) is 30.9. The normalized spacial score (nSPS) is 10.5. The van der Waals surface area contributed by atoms with E-state index < -0.39 is 10.9 Å². The maximum absolute atomic E-state index is 10.9. The number of rotatable bonds is 6. The first-order valence-corrected chi connectivity index (χ1v) is 6.87. The predicted octanol–water partition coefficient (Wildman–Crippen LogP) is 1.61. The molecule has 0 aliphatic carbocycles. The van der Waals surface area contributed by atoms with Crippen molar-refractivity contribution >= 4 is 35.0 Å². The highest BCUT2D eigenvalue weighted by Gasteiger charge is 2.16. The molecule has 0 unspecified atom stereocenters. The summed E-state index contributed by atoms with van der Waals surface area (Å²) in [7, 11) is 0. The van der Waals surface area contributed by atoms with Gasteiger partial charge in [0.15, 0.2) is 0 Å². The number of aliphatic carboxylic acids is 1. The molecule has 2 aromatic rings. The molecule has 0 radical (unpaired) electrons. The second kappa shape index (κ2) is 6.50. The Kier molecular flexibility index (Phi) is 4.70. The van der Waals surface area contributed by atoms with E-state index in [9.17, 15) is 14.9 Å². The number of nitro benzene ring substituents is 1. The lowest BCUT2D eigenvalue weighted by molar-refractivity contribution is -0.385. The number of hydrogen-bond acceptors (Lipinski definition) is 7. The summed E-state index contributed by atoms with van der Waals surface area (Å²) in [5.74, 6) is -0.894. The van der Waals surface area contributed by atoms with Gasteiger partial charge in [0.05, 0.1) is 4.92 Å². The third kappa shape index (κ3) is 3.89. The molecule has 9 nitrogen and oxygen atoms in total. The smallest absolute Gasteiger partial charge is 0.325 e. The van der Waals surface area contributed by atoms with Crippen molar-refractivity contribution in [2.24, 2.45) is 0 Å². The molecule has 1 N–H and O–H groups in total. The average molecular weight is 330 g/mol. The molecule has 110 valence electrons. The fourth-order valence-electron chi connectivity index (χ4n) is 1.52. The van der Waals surface area contributed by atoms with E-state index in [0.717, 1.165) is 16.4 Å². The van der Waals surface area contributed by atoms with E-state index in [1.807, 2.05) is 0 Å². The molecule has 1 aromatic heterocycles. The van der Waals surface area contributed by atoms with Gasteiger partial charge in [0.2, 0.25) is 5.16 Å². The van der Waals surface area contributed by atoms with Crippen LogP contribution >= 0.6 is 23.4 Å². The van der Waals surface area contributed by atoms with E-state index in [0.29, 0.717) is 10.6 Å². The third-order valence-corrected chi connectivity index (χ3v) is 3.62. The highest BCUT2D eigenvalue weighted by atomic mass is 35.5. The first-order chi connectivity index (χ1) is 9.97. The van der Waals surface area contributed by atoms with Crippen molar-refractivity contribution < 1.29 is 14.8 Å². The highest BCUT2D eigenvalue weighted by Crippen LogP contribution is 2.28. The van der Waals surface area contributed by atoms with Crippen molar-refractivity contribution in [2.75, 3.05) is 0 Å². The van der Waals surface area contributed by atoms with Gasteiger partial charge in [0.1, 0.15) is 6.54 Å². The lowest BCUT2D eigenvalue weighted by Crippen LogP contribution is -2.11. The minimum atomic E-state index is -1.09. The molecule has 0 atom stereocenters. The van der Waals surface area contributed by atoms with Crippen LogP contribution in [0.1, 0.15) is 5.56 Å². The molecule has 2 rings (SSSR count). The molecular formula is C10H8ClN5O4S. The van der Waals surface area contributed by atoms with Gasteiger partial charge in [-0.15, -0.1) is 5.10 Å². The average Bonchev–Trinajstić information content (AvgIpc) is 2.82. The second-order valence-corrected chi connectivity index (χ2v) is 5.21. The number of hydrogen-bond donors (Lipinski definition) is 1. The fourth-order valence-corrected chi connectivity index (χ4v) is 2.57. The summed E-state index contributed by atoms with van der Waals surface area (Å²) in [6, 6.07) is 4.23. The van der Waals surface area contributed by atoms with E-state index >= 15 is 0 Å². The van der Waals surface area contributed by atoms with E-state index in [4.69, 9.17) is 16.7 Å². The number of halogens is 1. The van der Waals surface area contributed by atoms with Crippen LogP contribution in [0.5, 0.6) is 0 Å². The molecule has 0 saturated heterocycles. The van der Waals surface area contributed by atoms with Gasteiger partial charge in [0.25, 0.3) is 5.69 Å². The third-order valence-electron chi connectivity index (χ3n) is 2.38. The predicted molar refractivity (Wildman–Crippen MR) is 73.1 cm³/mol. The summed E-state index contributed by atoms with van der Waals surface area (Å²) in [6.45, 7) is -0.382. The minimum absolute atomic E-state index is 0.0656. The van der Waals surface area contributed by atoms with Crippen LogP contribution in [0.2, 0.25) is 5.02 Å². The summed E-state index contributed by atoms with van der Waals surface area (Å²) in [6.07, 6.45) is 0. The largest absolute Gasteiger partial charge is 0.480 e. The lowest BCUT2D eigenvalue weighted by Gasteiger charge is -2.03. The topological polar surface area (TPSA) is 124 Å². The maximum atomic E-state index is 10.9. The first kappa shape index (κ1) is 15.2. The number of thioether (sulfide) groups is 1. The monoisotopic (exact) mass is 329 g/mol. The van der Waals surface area contributed by atoms with Crippen LogP contribution in [0.3, 0.4) is 0 Å². The number of benzene rings is 1. The number of nitro groups is 1. The molecule has 21 heavy (non-hydrogen) atoms. The van der Waals surface area contributed by atoms with Gasteiger partial charge in [-0.1, -0.05) is 23.4 Å². The fraction of sp³-hybridized carbons (Fsp3) is 0.200. The van der Waals surface area contributed by atoms with E-state index in [2.05, 4.69) is 15.5 Å². The number of aromatic nitrogens is 4. The number of tetrazole rings is 1. The van der Waals surface area contributed by atoms with Crippen LogP contribution in [0.25, 0.3) is 0 Å². The summed E-state index contributed by atoms with van der Waals surface area (Å²) >= 11 is 6.92. The van der Waals surface area contributed by atoms with Crippen molar-refractivity contribution in [1.29, 1.82) is 0 Å². The molecule has 1 heterocycles. The van der Waals surface area contributed by atoms with Gasteiger partial charge >= 0.3 is 5.97 Å². The van der Waals surface area contributed by atoms with Crippen molar-refractivity contribution in [3.05, 3.63) is 38.9 Å². The molecule has 0 amide bonds. The molecule has 0 aliphatic rings. The molecule has 1 aromatic carbocycles. The van der Waals surface area contributed by atoms with E-state index in [1.54, 1.807) is 0 Å². The molecule has 0 fully saturated rings. The van der Waals surface area contributed by atoms with Crippen molar-refractivity contribution in [3.8, 4) is 0 Å². The number of nitrogens with zero attached hydrogens (tertiary/aromatic N) is 5. The summed E-state index contributed by atoms with van der Waals surface area (Å²) < 4.78 is 1.10. The Bertz CT molecular complexity index is 692. The second-order valence-electron chi connectivity index (χ2n) is 3.83. The van der Waals surface area contributed by atoms with Gasteiger partial charge < -0.3 is 5.11 Å². The van der Waals surface area contributed by atoms with Crippen LogP contribution in [0, 0.1) is 10.1 Å². The number of carbonyl (C=O) groups is 1. The standard InChI is InChI=1S/C10H8ClN5O4S/c11-7-1-2-8(16(19)20)6(3-7)5-21-10-12-13-14-15(10)4-9(17)18/h1-3H,4-5H2,(H,17,18). The summed E-state index contributed by atoms with van der Waals surface area (Å²) in [5.41, 5.74) is 0.339. The zero-order valence-corrected chi connectivity index (χ0v) is 11.9. The minimum Gasteiger partial charge on any atom is -0.480 e. The van der Waals surface area contributed by atoms with Gasteiger partial charge in [-0.25, -0.2) is 4.68 Å². The van der Waals surface area contributed by atoms with Crippen molar-refractivity contribution in [3.63, 3.8) is 0 Å². The highest BCUT2D eigenvalue weighted by molar-refractivity contribution is 7.98. The lowest BCUT2D eigenvalue weighted by atomic mass is 10.2. The molecule has 0 saturated carbocycles. The Hall–Kier alpha value is -2.20. The van der Waals surface area contributed by atoms with Gasteiger partial charge in [0, 0.05) is 22.4 Å². The van der Waals surface area contributed by atoms with Crippen molar-refractivity contribution in [1.82, 2.24) is 20.2 Å². The van der Waals surface area contributed by atoms with Gasteiger partial charge in [-0.2, -0.15) is 0 Å². The molecular weight excluding hydrogens is 322 g/mol. The molecule has 0 bridgehead atoms. The van der Waals surface area contributed by atoms with Crippen LogP contribution in [0.4, 0.5) is 5.69 Å². The van der Waals surface area contributed by atoms with E-state index in [-0.39, 0.29) is 23.1 Å². The quantitative estimate of drug-likeness (QED) is 0.481. The van der Waals surface area contributed by atoms with Gasteiger partial charge in [-0.05, 0) is 22.6 Å². The van der Waals surface area contributed by atoms with Gasteiger partial charge in [-0.3, -0.25) is 14.9 Å².